The first kappa shape index (κ1) is 17.1. The molecule has 7 nitrogen and oxygen atoms in total. The van der Waals surface area contributed by atoms with Crippen molar-refractivity contribution in [2.45, 2.75) is 38.6 Å². The third kappa shape index (κ3) is 3.89. The van der Waals surface area contributed by atoms with E-state index in [9.17, 15) is 9.90 Å². The van der Waals surface area contributed by atoms with Crippen LogP contribution < -0.4 is 10.5 Å². The molecule has 3 N–H and O–H groups in total. The summed E-state index contributed by atoms with van der Waals surface area (Å²) in [5, 5.41) is 14.9. The summed E-state index contributed by atoms with van der Waals surface area (Å²) in [6, 6.07) is 9.77. The second-order valence-corrected chi connectivity index (χ2v) is 7.18. The van der Waals surface area contributed by atoms with Gasteiger partial charge < -0.3 is 15.6 Å². The van der Waals surface area contributed by atoms with Crippen LogP contribution in [0.15, 0.2) is 30.3 Å². The number of carbonyl (C=O) groups excluding carboxylic acids is 1. The molecule has 1 aliphatic heterocycles. The average molecular weight is 356 g/mol. The van der Waals surface area contributed by atoms with Crippen LogP contribution in [0, 0.1) is 5.92 Å². The fourth-order valence-electron chi connectivity index (χ4n) is 3.42. The second kappa shape index (κ2) is 7.09. The van der Waals surface area contributed by atoms with Crippen molar-refractivity contribution in [3.8, 4) is 5.75 Å². The van der Waals surface area contributed by atoms with E-state index in [4.69, 9.17) is 10.5 Å². The van der Waals surface area contributed by atoms with Crippen LogP contribution in [0.25, 0.3) is 0 Å². The second-order valence-electron chi connectivity index (χ2n) is 7.18. The zero-order valence-corrected chi connectivity index (χ0v) is 14.7. The number of primary amides is 1. The molecule has 1 aromatic carbocycles. The van der Waals surface area contributed by atoms with Gasteiger partial charge in [0.1, 0.15) is 11.9 Å². The first-order valence-electron chi connectivity index (χ1n) is 9.05. The van der Waals surface area contributed by atoms with Gasteiger partial charge >= 0.3 is 0 Å². The molecule has 0 bridgehead atoms. The van der Waals surface area contributed by atoms with Crippen molar-refractivity contribution in [1.29, 1.82) is 0 Å². The molecule has 1 aromatic heterocycles. The Labute approximate surface area is 152 Å². The predicted molar refractivity (Wildman–Crippen MR) is 95.2 cm³/mol. The minimum atomic E-state index is -0.483. The summed E-state index contributed by atoms with van der Waals surface area (Å²) in [5.74, 6) is 0.563. The molecule has 138 valence electrons. The molecule has 0 radical (unpaired) electrons. The van der Waals surface area contributed by atoms with Crippen molar-refractivity contribution >= 4 is 5.91 Å². The Morgan fingerprint density at radius 1 is 1.35 bits per heavy atom. The van der Waals surface area contributed by atoms with Crippen LogP contribution in [0.5, 0.6) is 5.75 Å². The van der Waals surface area contributed by atoms with E-state index >= 15 is 0 Å². The Hall–Kier alpha value is -2.38. The van der Waals surface area contributed by atoms with Gasteiger partial charge in [0.25, 0.3) is 5.91 Å². The van der Waals surface area contributed by atoms with E-state index in [1.54, 1.807) is 0 Å². The van der Waals surface area contributed by atoms with Gasteiger partial charge in [0.05, 0.1) is 17.9 Å². The summed E-state index contributed by atoms with van der Waals surface area (Å²) in [5.41, 5.74) is 8.20. The number of fused-ring (bicyclic) bond motifs is 1. The number of ether oxygens (including phenoxy) is 1. The first-order chi connectivity index (χ1) is 12.6. The number of aromatic nitrogens is 2. The average Bonchev–Trinajstić information content (AvgIpc) is 3.39. The number of carbonyl (C=O) groups is 1. The first-order valence-corrected chi connectivity index (χ1v) is 9.05. The summed E-state index contributed by atoms with van der Waals surface area (Å²) < 4.78 is 7.39. The molecular weight excluding hydrogens is 332 g/mol. The Kier molecular flexibility index (Phi) is 4.65. The molecule has 0 spiro atoms. The number of benzene rings is 1. The lowest BCUT2D eigenvalue weighted by Crippen LogP contribution is -2.33. The Morgan fingerprint density at radius 3 is 2.96 bits per heavy atom. The molecule has 2 aromatic rings. The van der Waals surface area contributed by atoms with Gasteiger partial charge in [-0.05, 0) is 42.5 Å². The Balaban J connectivity index is 1.39. The molecule has 26 heavy (non-hydrogen) atoms. The van der Waals surface area contributed by atoms with E-state index in [0.717, 1.165) is 56.0 Å². The lowest BCUT2D eigenvalue weighted by atomic mass is 10.1. The largest absolute Gasteiger partial charge is 0.484 e. The molecular formula is C19H24N4O3. The number of nitrogens with two attached hydrogens (primary N) is 1. The van der Waals surface area contributed by atoms with Gasteiger partial charge in [-0.2, -0.15) is 5.10 Å². The number of hydrogen-bond acceptors (Lipinski definition) is 5. The van der Waals surface area contributed by atoms with Crippen molar-refractivity contribution in [3.05, 3.63) is 47.3 Å². The monoisotopic (exact) mass is 356 g/mol. The lowest BCUT2D eigenvalue weighted by Gasteiger charge is -2.27. The predicted octanol–water partition coefficient (Wildman–Crippen LogP) is 1.21. The summed E-state index contributed by atoms with van der Waals surface area (Å²) in [6.07, 6.45) is 1.79. The number of aliphatic hydroxyl groups is 1. The minimum Gasteiger partial charge on any atom is -0.484 e. The molecule has 0 saturated heterocycles. The summed E-state index contributed by atoms with van der Waals surface area (Å²) in [4.78, 5) is 13.2. The Morgan fingerprint density at radius 2 is 2.19 bits per heavy atom. The smallest absolute Gasteiger partial charge is 0.255 e. The molecule has 4 rings (SSSR count). The number of rotatable bonds is 7. The Bertz CT molecular complexity index is 800. The maximum atomic E-state index is 10.9. The quantitative estimate of drug-likeness (QED) is 0.778. The van der Waals surface area contributed by atoms with E-state index in [1.165, 1.54) is 0 Å². The number of nitrogens with zero attached hydrogens (tertiary/aromatic N) is 3. The van der Waals surface area contributed by atoms with Crippen LogP contribution in [0.1, 0.15) is 35.9 Å². The van der Waals surface area contributed by atoms with Crippen molar-refractivity contribution in [2.75, 3.05) is 13.2 Å². The highest BCUT2D eigenvalue weighted by atomic mass is 16.5. The van der Waals surface area contributed by atoms with Crippen molar-refractivity contribution in [3.63, 3.8) is 0 Å². The van der Waals surface area contributed by atoms with Gasteiger partial charge in [-0.3, -0.25) is 14.4 Å². The highest BCUT2D eigenvalue weighted by molar-refractivity contribution is 5.75. The normalized spacial score (nSPS) is 18.3. The summed E-state index contributed by atoms with van der Waals surface area (Å²) >= 11 is 0. The third-order valence-corrected chi connectivity index (χ3v) is 4.95. The minimum absolute atomic E-state index is 0.113. The van der Waals surface area contributed by atoms with E-state index < -0.39 is 12.0 Å². The molecule has 1 aliphatic carbocycles. The maximum Gasteiger partial charge on any atom is 0.255 e. The van der Waals surface area contributed by atoms with Gasteiger partial charge in [-0.1, -0.05) is 12.1 Å². The fourth-order valence-corrected chi connectivity index (χ4v) is 3.42. The maximum absolute atomic E-state index is 10.9. The van der Waals surface area contributed by atoms with Crippen LogP contribution in [0.4, 0.5) is 0 Å². The van der Waals surface area contributed by atoms with Gasteiger partial charge in [0.15, 0.2) is 6.61 Å². The molecule has 7 heteroatoms. The molecule has 1 amide bonds. The number of aliphatic hydroxyl groups excluding tert-OH is 1. The third-order valence-electron chi connectivity index (χ3n) is 4.95. The molecule has 0 unspecified atom stereocenters. The zero-order chi connectivity index (χ0) is 18.1. The van der Waals surface area contributed by atoms with E-state index in [0.29, 0.717) is 11.7 Å². The SMILES string of the molecule is NC(=O)COc1cccc(CN2CCn3nc([C@H](O)C4CC4)cc3C2)c1. The molecule has 1 saturated carbocycles. The van der Waals surface area contributed by atoms with Crippen LogP contribution >= 0.6 is 0 Å². The zero-order valence-electron chi connectivity index (χ0n) is 14.7. The molecule has 1 fully saturated rings. The van der Waals surface area contributed by atoms with Gasteiger partial charge in [-0.25, -0.2) is 0 Å². The lowest BCUT2D eigenvalue weighted by molar-refractivity contribution is -0.119. The fraction of sp³-hybridized carbons (Fsp3) is 0.474. The standard InChI is InChI=1S/C19H24N4O3/c20-18(24)12-26-16-3-1-2-13(8-16)10-22-6-7-23-15(11-22)9-17(21-23)19(25)14-4-5-14/h1-3,8-9,14,19,25H,4-7,10-12H2,(H2,20,24)/t19-/m1/s1. The number of hydrogen-bond donors (Lipinski definition) is 2. The number of amides is 1. The van der Waals surface area contributed by atoms with Gasteiger partial charge in [-0.15, -0.1) is 0 Å². The van der Waals surface area contributed by atoms with E-state index in [2.05, 4.69) is 10.00 Å². The van der Waals surface area contributed by atoms with Gasteiger partial charge in [0.2, 0.25) is 0 Å². The molecule has 2 heterocycles. The van der Waals surface area contributed by atoms with Gasteiger partial charge in [0, 0.05) is 19.6 Å². The van der Waals surface area contributed by atoms with Crippen LogP contribution in [0.3, 0.4) is 0 Å². The summed E-state index contributed by atoms with van der Waals surface area (Å²) in [7, 11) is 0. The van der Waals surface area contributed by atoms with Crippen molar-refractivity contribution in [1.82, 2.24) is 14.7 Å². The molecule has 2 aliphatic rings. The highest BCUT2D eigenvalue weighted by Gasteiger charge is 2.33. The van der Waals surface area contributed by atoms with Crippen LogP contribution in [-0.2, 0) is 24.4 Å². The highest BCUT2D eigenvalue weighted by Crippen LogP contribution is 2.40. The van der Waals surface area contributed by atoms with Crippen LogP contribution in [0.2, 0.25) is 0 Å². The van der Waals surface area contributed by atoms with Crippen molar-refractivity contribution in [2.24, 2.45) is 11.7 Å². The topological polar surface area (TPSA) is 93.6 Å². The van der Waals surface area contributed by atoms with Crippen molar-refractivity contribution < 1.29 is 14.6 Å². The molecule has 1 atom stereocenters. The van der Waals surface area contributed by atoms with E-state index in [-0.39, 0.29) is 6.61 Å². The van der Waals surface area contributed by atoms with E-state index in [1.807, 2.05) is 35.0 Å². The van der Waals surface area contributed by atoms with Crippen LogP contribution in [-0.4, -0.2) is 38.8 Å². The summed E-state index contributed by atoms with van der Waals surface area (Å²) in [6.45, 7) is 3.21.